The highest BCUT2D eigenvalue weighted by atomic mass is 32.2. The molecule has 0 spiro atoms. The maximum absolute atomic E-state index is 12.0. The first-order chi connectivity index (χ1) is 8.64. The van der Waals surface area contributed by atoms with Gasteiger partial charge in [0, 0.05) is 12.3 Å². The third-order valence-electron chi connectivity index (χ3n) is 5.30. The van der Waals surface area contributed by atoms with E-state index in [9.17, 15) is 4.79 Å². The third-order valence-corrected chi connectivity index (χ3v) is 11.2. The Kier molecular flexibility index (Phi) is 3.83. The summed E-state index contributed by atoms with van der Waals surface area (Å²) in [4.78, 5) is 12.0. The van der Waals surface area contributed by atoms with E-state index in [1.54, 1.807) is 0 Å². The van der Waals surface area contributed by atoms with Crippen molar-refractivity contribution < 1.29 is 9.22 Å². The normalized spacial score (nSPS) is 34.3. The topological polar surface area (TPSA) is 26.3 Å². The van der Waals surface area contributed by atoms with Crippen LogP contribution in [0.1, 0.15) is 27.2 Å². The first-order valence-corrected chi connectivity index (χ1v) is 11.2. The van der Waals surface area contributed by atoms with Crippen molar-refractivity contribution in [3.63, 3.8) is 0 Å². The van der Waals surface area contributed by atoms with E-state index in [-0.39, 0.29) is 15.7 Å². The van der Waals surface area contributed by atoms with Gasteiger partial charge in [0.05, 0.1) is 17.3 Å². The van der Waals surface area contributed by atoms with E-state index < -0.39 is 8.32 Å². The van der Waals surface area contributed by atoms with E-state index >= 15 is 0 Å². The molecule has 0 aromatic rings. The zero-order valence-electron chi connectivity index (χ0n) is 12.9. The molecule has 0 N–H and O–H groups in total. The van der Waals surface area contributed by atoms with E-state index in [4.69, 9.17) is 4.43 Å². The van der Waals surface area contributed by atoms with Crippen molar-refractivity contribution in [2.24, 2.45) is 11.8 Å². The van der Waals surface area contributed by atoms with Crippen LogP contribution in [-0.4, -0.2) is 31.7 Å². The molecule has 0 saturated heterocycles. The van der Waals surface area contributed by atoms with Gasteiger partial charge in [-0.25, -0.2) is 0 Å². The number of fused-ring (bicyclic) bond motifs is 2. The molecule has 0 aliphatic heterocycles. The molecule has 3 atom stereocenters. The summed E-state index contributed by atoms with van der Waals surface area (Å²) >= 11 is 1.83. The van der Waals surface area contributed by atoms with E-state index in [2.05, 4.69) is 52.3 Å². The van der Waals surface area contributed by atoms with Gasteiger partial charge >= 0.3 is 0 Å². The summed E-state index contributed by atoms with van der Waals surface area (Å²) in [6, 6.07) is 0. The smallest absolute Gasteiger partial charge is 0.192 e. The summed E-state index contributed by atoms with van der Waals surface area (Å²) in [5.41, 5.74) is 0. The molecule has 2 rings (SSSR count). The minimum atomic E-state index is -1.74. The first kappa shape index (κ1) is 15.3. The Labute approximate surface area is 122 Å². The number of carbonyl (C=O) groups excluding carboxylic acids is 1. The fourth-order valence-electron chi connectivity index (χ4n) is 2.81. The van der Waals surface area contributed by atoms with Gasteiger partial charge in [-0.3, -0.25) is 4.79 Å². The molecule has 19 heavy (non-hydrogen) atoms. The number of rotatable bonds is 4. The SMILES string of the molecule is CSC1(CO[Si](C)(C)C(C)(C)C)C2C=CC1C(=O)C2. The van der Waals surface area contributed by atoms with Crippen LogP contribution < -0.4 is 0 Å². The quantitative estimate of drug-likeness (QED) is 0.582. The molecular weight excluding hydrogens is 272 g/mol. The number of hydrogen-bond donors (Lipinski definition) is 0. The summed E-state index contributed by atoms with van der Waals surface area (Å²) in [5.74, 6) is 0.864. The molecule has 0 amide bonds. The molecule has 0 aromatic carbocycles. The van der Waals surface area contributed by atoms with Crippen LogP contribution >= 0.6 is 11.8 Å². The van der Waals surface area contributed by atoms with E-state index in [1.807, 2.05) is 11.8 Å². The summed E-state index contributed by atoms with van der Waals surface area (Å²) in [7, 11) is -1.74. The largest absolute Gasteiger partial charge is 0.415 e. The van der Waals surface area contributed by atoms with Crippen molar-refractivity contribution in [2.75, 3.05) is 12.9 Å². The van der Waals surface area contributed by atoms with E-state index in [0.717, 1.165) is 6.61 Å². The molecule has 0 radical (unpaired) electrons. The Morgan fingerprint density at radius 1 is 1.42 bits per heavy atom. The Bertz CT molecular complexity index is 411. The van der Waals surface area contributed by atoms with Crippen LogP contribution in [0.5, 0.6) is 0 Å². The van der Waals surface area contributed by atoms with Crippen LogP contribution in [0.3, 0.4) is 0 Å². The fourth-order valence-corrected chi connectivity index (χ4v) is 5.05. The molecule has 2 aliphatic carbocycles. The third kappa shape index (κ3) is 2.36. The highest BCUT2D eigenvalue weighted by Gasteiger charge is 2.56. The predicted octanol–water partition coefficient (Wildman–Crippen LogP) is 3.89. The number of Topliss-reactive ketones (excluding diaryl/α,β-unsaturated/α-hetero) is 1. The van der Waals surface area contributed by atoms with Gasteiger partial charge < -0.3 is 4.43 Å². The average molecular weight is 299 g/mol. The molecule has 4 heteroatoms. The minimum Gasteiger partial charge on any atom is -0.415 e. The van der Waals surface area contributed by atoms with E-state index in [1.165, 1.54) is 0 Å². The molecule has 3 unspecified atom stereocenters. The molecule has 2 aliphatic rings. The number of hydrogen-bond acceptors (Lipinski definition) is 3. The number of ketones is 1. The molecule has 2 bridgehead atoms. The molecule has 1 saturated carbocycles. The number of allylic oxidation sites excluding steroid dienone is 2. The summed E-state index contributed by atoms with van der Waals surface area (Å²) in [5, 5.41) is 0.224. The zero-order chi connectivity index (χ0) is 14.5. The predicted molar refractivity (Wildman–Crippen MR) is 85.1 cm³/mol. The van der Waals surface area contributed by atoms with Gasteiger partial charge in [-0.1, -0.05) is 32.9 Å². The van der Waals surface area contributed by atoms with Crippen molar-refractivity contribution in [1.82, 2.24) is 0 Å². The lowest BCUT2D eigenvalue weighted by Gasteiger charge is -2.41. The molecule has 0 aromatic heterocycles. The highest BCUT2D eigenvalue weighted by Crippen LogP contribution is 2.53. The van der Waals surface area contributed by atoms with Gasteiger partial charge in [0.1, 0.15) is 5.78 Å². The summed E-state index contributed by atoms with van der Waals surface area (Å²) in [6.07, 6.45) is 7.18. The highest BCUT2D eigenvalue weighted by molar-refractivity contribution is 8.00. The van der Waals surface area contributed by atoms with E-state index in [0.29, 0.717) is 18.1 Å². The lowest BCUT2D eigenvalue weighted by atomic mass is 9.96. The Morgan fingerprint density at radius 2 is 2.05 bits per heavy atom. The molecule has 108 valence electrons. The van der Waals surface area contributed by atoms with Crippen molar-refractivity contribution in [3.05, 3.63) is 12.2 Å². The van der Waals surface area contributed by atoms with Gasteiger partial charge in [-0.05, 0) is 24.4 Å². The van der Waals surface area contributed by atoms with Crippen LogP contribution in [0.2, 0.25) is 18.1 Å². The van der Waals surface area contributed by atoms with Crippen molar-refractivity contribution >= 4 is 25.9 Å². The molecule has 0 heterocycles. The fraction of sp³-hybridized carbons (Fsp3) is 0.800. The second-order valence-corrected chi connectivity index (χ2v) is 13.3. The number of thioether (sulfide) groups is 1. The molecule has 2 nitrogen and oxygen atoms in total. The van der Waals surface area contributed by atoms with Crippen LogP contribution in [0.25, 0.3) is 0 Å². The molecule has 1 fully saturated rings. The number of carbonyl (C=O) groups is 1. The van der Waals surface area contributed by atoms with Gasteiger partial charge in [0.25, 0.3) is 0 Å². The van der Waals surface area contributed by atoms with Gasteiger partial charge in [0.2, 0.25) is 0 Å². The standard InChI is InChI=1S/C15H26O2SSi/c1-14(2,3)19(5,6)17-10-15(18-4)11-7-8-12(15)13(16)9-11/h7-8,11-12H,9-10H2,1-6H3. The summed E-state index contributed by atoms with van der Waals surface area (Å²) in [6.45, 7) is 12.1. The molecular formula is C15H26O2SSi. The second-order valence-electron chi connectivity index (χ2n) is 7.35. The minimum absolute atomic E-state index is 0.0212. The second kappa shape index (κ2) is 4.74. The monoisotopic (exact) mass is 298 g/mol. The van der Waals surface area contributed by atoms with Crippen LogP contribution in [-0.2, 0) is 9.22 Å². The maximum Gasteiger partial charge on any atom is 0.192 e. The zero-order valence-corrected chi connectivity index (χ0v) is 14.8. The lowest BCUT2D eigenvalue weighted by molar-refractivity contribution is -0.120. The van der Waals surface area contributed by atoms with Gasteiger partial charge in [-0.2, -0.15) is 11.8 Å². The van der Waals surface area contributed by atoms with Crippen molar-refractivity contribution in [3.8, 4) is 0 Å². The van der Waals surface area contributed by atoms with Gasteiger partial charge in [0.15, 0.2) is 8.32 Å². The Morgan fingerprint density at radius 3 is 2.42 bits per heavy atom. The van der Waals surface area contributed by atoms with Crippen LogP contribution in [0, 0.1) is 11.8 Å². The van der Waals surface area contributed by atoms with Crippen LogP contribution in [0.15, 0.2) is 12.2 Å². The Hall–Kier alpha value is -0.0631. The lowest BCUT2D eigenvalue weighted by Crippen LogP contribution is -2.47. The average Bonchev–Trinajstić information content (AvgIpc) is 2.76. The first-order valence-electron chi connectivity index (χ1n) is 7.04. The van der Waals surface area contributed by atoms with Crippen molar-refractivity contribution in [1.29, 1.82) is 0 Å². The van der Waals surface area contributed by atoms with Gasteiger partial charge in [-0.15, -0.1) is 0 Å². The maximum atomic E-state index is 12.0. The Balaban J connectivity index is 2.13. The van der Waals surface area contributed by atoms with Crippen molar-refractivity contribution in [2.45, 2.75) is 50.1 Å². The van der Waals surface area contributed by atoms with Crippen LogP contribution in [0.4, 0.5) is 0 Å². The summed E-state index contributed by atoms with van der Waals surface area (Å²) < 4.78 is 6.41.